The first kappa shape index (κ1) is 19.4. The van der Waals surface area contributed by atoms with Crippen LogP contribution in [0.15, 0.2) is 36.5 Å². The zero-order chi connectivity index (χ0) is 16.9. The van der Waals surface area contributed by atoms with Crippen molar-refractivity contribution in [3.8, 4) is 5.69 Å². The van der Waals surface area contributed by atoms with Gasteiger partial charge in [-0.2, -0.15) is 0 Å². The van der Waals surface area contributed by atoms with Gasteiger partial charge in [0.25, 0.3) is 0 Å². The second kappa shape index (κ2) is 8.94. The molecule has 0 radical (unpaired) electrons. The van der Waals surface area contributed by atoms with Crippen molar-refractivity contribution in [2.75, 3.05) is 26.7 Å². The number of likely N-dealkylation sites (N-methyl/N-ethyl adjacent to an activating group) is 1. The molecule has 8 heteroatoms. The maximum absolute atomic E-state index is 10.8. The Bertz CT molecular complexity index is 671. The molecule has 2 heterocycles. The van der Waals surface area contributed by atoms with Crippen LogP contribution in [0.3, 0.4) is 0 Å². The number of carbonyl (C=O) groups is 1. The van der Waals surface area contributed by atoms with Gasteiger partial charge in [-0.1, -0.05) is 23.4 Å². The maximum Gasteiger partial charge on any atom is 0.317 e. The van der Waals surface area contributed by atoms with Gasteiger partial charge in [-0.05, 0) is 32.0 Å². The second-order valence-corrected chi connectivity index (χ2v) is 6.31. The molecule has 0 aliphatic carbocycles. The molecular weight excluding hydrogens is 342 g/mol. The van der Waals surface area contributed by atoms with Crippen LogP contribution < -0.4 is 0 Å². The van der Waals surface area contributed by atoms with E-state index in [2.05, 4.69) is 15.2 Å². The first-order valence-electron chi connectivity index (χ1n) is 8.23. The number of rotatable bonds is 6. The molecule has 2 aromatic rings. The van der Waals surface area contributed by atoms with Crippen LogP contribution in [0.25, 0.3) is 5.69 Å². The zero-order valence-electron chi connectivity index (χ0n) is 14.3. The largest absolute Gasteiger partial charge is 0.480 e. The van der Waals surface area contributed by atoms with Crippen molar-refractivity contribution >= 4 is 18.4 Å². The lowest BCUT2D eigenvalue weighted by molar-refractivity contribution is -0.138. The monoisotopic (exact) mass is 365 g/mol. The molecular formula is C17H24ClN5O2. The van der Waals surface area contributed by atoms with Crippen molar-refractivity contribution in [2.24, 2.45) is 0 Å². The normalized spacial score (nSPS) is 15.9. The van der Waals surface area contributed by atoms with Crippen molar-refractivity contribution in [1.82, 2.24) is 24.8 Å². The highest BCUT2D eigenvalue weighted by molar-refractivity contribution is 5.85. The number of carboxylic acids is 1. The molecule has 0 amide bonds. The minimum Gasteiger partial charge on any atom is -0.480 e. The lowest BCUT2D eigenvalue weighted by Crippen LogP contribution is -2.44. The van der Waals surface area contributed by atoms with Crippen molar-refractivity contribution < 1.29 is 9.90 Å². The number of halogens is 1. The van der Waals surface area contributed by atoms with E-state index in [1.54, 1.807) is 4.68 Å². The van der Waals surface area contributed by atoms with Crippen molar-refractivity contribution in [2.45, 2.75) is 25.4 Å². The molecule has 0 unspecified atom stereocenters. The molecule has 0 saturated carbocycles. The van der Waals surface area contributed by atoms with E-state index >= 15 is 0 Å². The molecule has 25 heavy (non-hydrogen) atoms. The number of likely N-dealkylation sites (tertiary alicyclic amines) is 1. The van der Waals surface area contributed by atoms with Gasteiger partial charge in [-0.25, -0.2) is 4.68 Å². The minimum atomic E-state index is -0.766. The summed E-state index contributed by atoms with van der Waals surface area (Å²) >= 11 is 0. The highest BCUT2D eigenvalue weighted by atomic mass is 35.5. The number of aliphatic carboxylic acids is 1. The average Bonchev–Trinajstić information content (AvgIpc) is 3.04. The van der Waals surface area contributed by atoms with Crippen LogP contribution in [0.4, 0.5) is 0 Å². The number of hydrogen-bond donors (Lipinski definition) is 1. The summed E-state index contributed by atoms with van der Waals surface area (Å²) in [4.78, 5) is 15.1. The standard InChI is InChI=1S/C17H23N5O2.ClH/c1-20(13-17(23)24)15-7-9-21(10-8-15)11-14-12-22(19-18-14)16-5-3-2-4-6-16;/h2-6,12,15H,7-11,13H2,1H3,(H,23,24);1H. The molecule has 136 valence electrons. The summed E-state index contributed by atoms with van der Waals surface area (Å²) in [5, 5.41) is 17.3. The second-order valence-electron chi connectivity index (χ2n) is 6.31. The Labute approximate surface area is 153 Å². The third-order valence-electron chi connectivity index (χ3n) is 4.51. The van der Waals surface area contributed by atoms with E-state index in [-0.39, 0.29) is 19.0 Å². The summed E-state index contributed by atoms with van der Waals surface area (Å²) in [6.07, 6.45) is 3.94. The smallest absolute Gasteiger partial charge is 0.317 e. The van der Waals surface area contributed by atoms with Crippen molar-refractivity contribution in [1.29, 1.82) is 0 Å². The summed E-state index contributed by atoms with van der Waals surface area (Å²) in [5.74, 6) is -0.766. The Kier molecular flexibility index (Phi) is 6.92. The molecule has 1 aliphatic heterocycles. The summed E-state index contributed by atoms with van der Waals surface area (Å²) < 4.78 is 1.79. The van der Waals surface area contributed by atoms with E-state index in [0.29, 0.717) is 6.04 Å². The molecule has 1 N–H and O–H groups in total. The van der Waals surface area contributed by atoms with E-state index in [9.17, 15) is 4.79 Å². The molecule has 0 atom stereocenters. The maximum atomic E-state index is 10.8. The number of nitrogens with zero attached hydrogens (tertiary/aromatic N) is 5. The molecule has 1 fully saturated rings. The van der Waals surface area contributed by atoms with Gasteiger partial charge in [-0.15, -0.1) is 17.5 Å². The molecule has 3 rings (SSSR count). The molecule has 1 aromatic carbocycles. The molecule has 0 bridgehead atoms. The quantitative estimate of drug-likeness (QED) is 0.839. The minimum absolute atomic E-state index is 0. The average molecular weight is 366 g/mol. The van der Waals surface area contributed by atoms with Gasteiger partial charge in [0.15, 0.2) is 0 Å². The van der Waals surface area contributed by atoms with Gasteiger partial charge < -0.3 is 5.11 Å². The lowest BCUT2D eigenvalue weighted by Gasteiger charge is -2.35. The van der Waals surface area contributed by atoms with Crippen molar-refractivity contribution in [3.05, 3.63) is 42.2 Å². The summed E-state index contributed by atoms with van der Waals surface area (Å²) in [6.45, 7) is 2.79. The Morgan fingerprint density at radius 2 is 1.96 bits per heavy atom. The third kappa shape index (κ3) is 5.26. The first-order valence-corrected chi connectivity index (χ1v) is 8.23. The molecule has 1 aliphatic rings. The van der Waals surface area contributed by atoms with Crippen molar-refractivity contribution in [3.63, 3.8) is 0 Å². The predicted molar refractivity (Wildman–Crippen MR) is 97.2 cm³/mol. The first-order chi connectivity index (χ1) is 11.6. The van der Waals surface area contributed by atoms with Crippen LogP contribution in [0.5, 0.6) is 0 Å². The van der Waals surface area contributed by atoms with Gasteiger partial charge in [0.2, 0.25) is 0 Å². The van der Waals surface area contributed by atoms with Crippen LogP contribution in [-0.2, 0) is 11.3 Å². The van der Waals surface area contributed by atoms with Crippen LogP contribution in [0.2, 0.25) is 0 Å². The van der Waals surface area contributed by atoms with Crippen LogP contribution in [-0.4, -0.2) is 68.6 Å². The Hall–Kier alpha value is -1.96. The summed E-state index contributed by atoms with van der Waals surface area (Å²) in [7, 11) is 1.89. The number of aromatic nitrogens is 3. The van der Waals surface area contributed by atoms with Crippen LogP contribution in [0, 0.1) is 0 Å². The zero-order valence-corrected chi connectivity index (χ0v) is 15.1. The number of para-hydroxylation sites is 1. The summed E-state index contributed by atoms with van der Waals surface area (Å²) in [5.41, 5.74) is 1.96. The Morgan fingerprint density at radius 3 is 2.60 bits per heavy atom. The molecule has 0 spiro atoms. The highest BCUT2D eigenvalue weighted by Crippen LogP contribution is 2.17. The van der Waals surface area contributed by atoms with E-state index in [1.165, 1.54) is 0 Å². The topological polar surface area (TPSA) is 74.5 Å². The van der Waals surface area contributed by atoms with E-state index < -0.39 is 5.97 Å². The van der Waals surface area contributed by atoms with Gasteiger partial charge in [0.05, 0.1) is 24.1 Å². The number of piperidine rings is 1. The number of benzene rings is 1. The summed E-state index contributed by atoms with van der Waals surface area (Å²) in [6, 6.07) is 10.3. The Morgan fingerprint density at radius 1 is 1.28 bits per heavy atom. The third-order valence-corrected chi connectivity index (χ3v) is 4.51. The van der Waals surface area contributed by atoms with Gasteiger partial charge >= 0.3 is 5.97 Å². The van der Waals surface area contributed by atoms with E-state index in [4.69, 9.17) is 5.11 Å². The SMILES string of the molecule is CN(CC(=O)O)C1CCN(Cc2cn(-c3ccccc3)nn2)CC1.Cl. The Balaban J connectivity index is 0.00000225. The number of hydrogen-bond acceptors (Lipinski definition) is 5. The fraction of sp³-hybridized carbons (Fsp3) is 0.471. The molecule has 1 saturated heterocycles. The van der Waals surface area contributed by atoms with Gasteiger partial charge in [0, 0.05) is 25.7 Å². The fourth-order valence-corrected chi connectivity index (χ4v) is 3.17. The highest BCUT2D eigenvalue weighted by Gasteiger charge is 2.24. The van der Waals surface area contributed by atoms with E-state index in [0.717, 1.165) is 43.9 Å². The fourth-order valence-electron chi connectivity index (χ4n) is 3.17. The van der Waals surface area contributed by atoms with E-state index in [1.807, 2.05) is 48.5 Å². The van der Waals surface area contributed by atoms with Gasteiger partial charge in [-0.3, -0.25) is 14.6 Å². The lowest BCUT2D eigenvalue weighted by atomic mass is 10.0. The predicted octanol–water partition coefficient (Wildman–Crippen LogP) is 1.67. The number of carboxylic acid groups (broad SMARTS) is 1. The molecule has 7 nitrogen and oxygen atoms in total. The van der Waals surface area contributed by atoms with Gasteiger partial charge in [0.1, 0.15) is 0 Å². The van der Waals surface area contributed by atoms with Crippen LogP contribution >= 0.6 is 12.4 Å². The molecule has 1 aromatic heterocycles. The van der Waals surface area contributed by atoms with Crippen LogP contribution in [0.1, 0.15) is 18.5 Å².